The predicted molar refractivity (Wildman–Crippen MR) is 68.5 cm³/mol. The zero-order chi connectivity index (χ0) is 16.2. The van der Waals surface area contributed by atoms with Gasteiger partial charge in [0.2, 0.25) is 0 Å². The van der Waals surface area contributed by atoms with Gasteiger partial charge in [0, 0.05) is 6.04 Å². The van der Waals surface area contributed by atoms with Crippen molar-refractivity contribution in [2.24, 2.45) is 5.73 Å². The smallest absolute Gasteiger partial charge is 0.414 e. The topological polar surface area (TPSA) is 149 Å². The van der Waals surface area contributed by atoms with Crippen LogP contribution in [0.3, 0.4) is 0 Å². The molecule has 2 rings (SSSR count). The van der Waals surface area contributed by atoms with E-state index >= 15 is 0 Å². The second-order valence-corrected chi connectivity index (χ2v) is 5.21. The molecule has 0 radical (unpaired) electrons. The van der Waals surface area contributed by atoms with Crippen molar-refractivity contribution in [3.05, 3.63) is 0 Å². The van der Waals surface area contributed by atoms with Gasteiger partial charge < -0.3 is 35.3 Å². The van der Waals surface area contributed by atoms with Gasteiger partial charge in [0.05, 0.1) is 19.3 Å². The van der Waals surface area contributed by atoms with Crippen molar-refractivity contribution >= 4 is 11.9 Å². The number of fused-ring (bicyclic) bond motifs is 1. The Morgan fingerprint density at radius 3 is 2.24 bits per heavy atom. The monoisotopic (exact) mass is 307 g/mol. The molecule has 9 heteroatoms. The van der Waals surface area contributed by atoms with E-state index in [2.05, 4.69) is 0 Å². The van der Waals surface area contributed by atoms with E-state index in [4.69, 9.17) is 44.9 Å². The van der Waals surface area contributed by atoms with E-state index in [9.17, 15) is 0 Å². The molecule has 0 aromatic heterocycles. The second kappa shape index (κ2) is 7.14. The summed E-state index contributed by atoms with van der Waals surface area (Å²) in [5.41, 5.74) is 5.96. The number of ether oxygens (including phenoxy) is 3. The molecule has 1 saturated carbocycles. The van der Waals surface area contributed by atoms with Gasteiger partial charge in [0.15, 0.2) is 5.79 Å². The molecule has 5 N–H and O–H groups in total. The highest BCUT2D eigenvalue weighted by atomic mass is 16.8. The van der Waals surface area contributed by atoms with Gasteiger partial charge >= 0.3 is 11.9 Å². The Morgan fingerprint density at radius 1 is 1.24 bits per heavy atom. The van der Waals surface area contributed by atoms with E-state index in [0.29, 0.717) is 6.61 Å². The average Bonchev–Trinajstić information content (AvgIpc) is 2.83. The molecule has 0 aromatic rings. The minimum Gasteiger partial charge on any atom is -0.473 e. The maximum atomic E-state index is 9.10. The van der Waals surface area contributed by atoms with Crippen LogP contribution in [-0.4, -0.2) is 70.6 Å². The number of aliphatic hydroxyl groups excluding tert-OH is 1. The third-order valence-electron chi connectivity index (χ3n) is 3.06. The fourth-order valence-corrected chi connectivity index (χ4v) is 2.34. The predicted octanol–water partition coefficient (Wildman–Crippen LogP) is -1.23. The van der Waals surface area contributed by atoms with Crippen molar-refractivity contribution in [1.29, 1.82) is 0 Å². The van der Waals surface area contributed by atoms with Crippen LogP contribution in [-0.2, 0) is 23.8 Å². The summed E-state index contributed by atoms with van der Waals surface area (Å²) in [6, 6.07) is -0.0412. The molecule has 9 nitrogen and oxygen atoms in total. The lowest BCUT2D eigenvalue weighted by molar-refractivity contribution is -0.168. The van der Waals surface area contributed by atoms with Gasteiger partial charge in [0.1, 0.15) is 12.2 Å². The molecule has 0 amide bonds. The lowest BCUT2D eigenvalue weighted by Gasteiger charge is -2.22. The fourth-order valence-electron chi connectivity index (χ4n) is 2.34. The molecule has 0 bridgehead atoms. The number of aliphatic carboxylic acids is 2. The Morgan fingerprint density at radius 2 is 1.76 bits per heavy atom. The minimum atomic E-state index is -1.82. The summed E-state index contributed by atoms with van der Waals surface area (Å²) in [5, 5.41) is 23.5. The summed E-state index contributed by atoms with van der Waals surface area (Å²) < 4.78 is 16.9. The van der Waals surface area contributed by atoms with Crippen LogP contribution in [0.15, 0.2) is 0 Å². The van der Waals surface area contributed by atoms with Gasteiger partial charge in [0.25, 0.3) is 0 Å². The van der Waals surface area contributed by atoms with Crippen LogP contribution >= 0.6 is 0 Å². The van der Waals surface area contributed by atoms with Crippen LogP contribution in [0.25, 0.3) is 0 Å². The summed E-state index contributed by atoms with van der Waals surface area (Å²) >= 11 is 0. The molecule has 4 atom stereocenters. The Kier molecular flexibility index (Phi) is 6.05. The highest BCUT2D eigenvalue weighted by Gasteiger charge is 2.53. The Labute approximate surface area is 121 Å². The molecule has 0 spiro atoms. The van der Waals surface area contributed by atoms with Crippen LogP contribution < -0.4 is 5.73 Å². The maximum absolute atomic E-state index is 9.10. The quantitative estimate of drug-likeness (QED) is 0.470. The van der Waals surface area contributed by atoms with Crippen molar-refractivity contribution in [1.82, 2.24) is 0 Å². The molecule has 1 aliphatic carbocycles. The lowest BCUT2D eigenvalue weighted by Crippen LogP contribution is -2.35. The van der Waals surface area contributed by atoms with E-state index in [0.717, 1.165) is 6.42 Å². The molecule has 0 aromatic carbocycles. The molecule has 1 saturated heterocycles. The van der Waals surface area contributed by atoms with Crippen molar-refractivity contribution in [3.8, 4) is 0 Å². The molecule has 1 heterocycles. The summed E-state index contributed by atoms with van der Waals surface area (Å²) in [6.07, 6.45) is 0.495. The molecular formula is C12H21NO8. The third-order valence-corrected chi connectivity index (χ3v) is 3.06. The average molecular weight is 307 g/mol. The Bertz CT molecular complexity index is 373. The minimum absolute atomic E-state index is 0.0212. The number of rotatable bonds is 3. The van der Waals surface area contributed by atoms with Crippen LogP contribution in [0.1, 0.15) is 20.3 Å². The Balaban J connectivity index is 0.000000315. The molecule has 2 aliphatic rings. The summed E-state index contributed by atoms with van der Waals surface area (Å²) in [7, 11) is 0. The van der Waals surface area contributed by atoms with Gasteiger partial charge in [-0.3, -0.25) is 0 Å². The molecule has 2 fully saturated rings. The van der Waals surface area contributed by atoms with E-state index < -0.39 is 17.7 Å². The number of aliphatic hydroxyl groups is 1. The van der Waals surface area contributed by atoms with E-state index in [-0.39, 0.29) is 31.0 Å². The van der Waals surface area contributed by atoms with Crippen molar-refractivity contribution in [2.75, 3.05) is 13.2 Å². The van der Waals surface area contributed by atoms with Gasteiger partial charge in [-0.25, -0.2) is 9.59 Å². The van der Waals surface area contributed by atoms with E-state index in [1.807, 2.05) is 13.8 Å². The van der Waals surface area contributed by atoms with Gasteiger partial charge in [-0.2, -0.15) is 0 Å². The zero-order valence-electron chi connectivity index (χ0n) is 11.9. The van der Waals surface area contributed by atoms with E-state index in [1.165, 1.54) is 0 Å². The first kappa shape index (κ1) is 17.8. The normalized spacial score (nSPS) is 33.0. The van der Waals surface area contributed by atoms with Crippen LogP contribution in [0.5, 0.6) is 0 Å². The van der Waals surface area contributed by atoms with Gasteiger partial charge in [-0.1, -0.05) is 0 Å². The number of carboxylic acid groups (broad SMARTS) is 2. The van der Waals surface area contributed by atoms with Crippen molar-refractivity contribution in [3.63, 3.8) is 0 Å². The largest absolute Gasteiger partial charge is 0.473 e. The summed E-state index contributed by atoms with van der Waals surface area (Å²) in [5.74, 6) is -4.22. The maximum Gasteiger partial charge on any atom is 0.414 e. The van der Waals surface area contributed by atoms with Crippen LogP contribution in [0.4, 0.5) is 0 Å². The molecule has 3 unspecified atom stereocenters. The van der Waals surface area contributed by atoms with Crippen molar-refractivity contribution in [2.45, 2.75) is 50.4 Å². The summed E-state index contributed by atoms with van der Waals surface area (Å²) in [6.45, 7) is 4.10. The standard InChI is InChI=1S/C10H19NO4.C2H2O4/c1-10(2)14-8-6(11)5-7(9(8)15-10)13-4-3-12;3-1(4)2(5)6/h6-9,12H,3-5,11H2,1-2H3;(H,3,4)(H,5,6)/t6?,7-,8?,9?;/m0./s1. The number of hydrogen-bond donors (Lipinski definition) is 4. The van der Waals surface area contributed by atoms with Crippen molar-refractivity contribution < 1.29 is 39.1 Å². The van der Waals surface area contributed by atoms with Gasteiger partial charge in [-0.05, 0) is 20.3 Å². The number of hydrogen-bond acceptors (Lipinski definition) is 7. The second-order valence-electron chi connectivity index (χ2n) is 5.21. The molecular weight excluding hydrogens is 286 g/mol. The summed E-state index contributed by atoms with van der Waals surface area (Å²) in [4.78, 5) is 18.2. The van der Waals surface area contributed by atoms with Gasteiger partial charge in [-0.15, -0.1) is 0 Å². The first-order valence-corrected chi connectivity index (χ1v) is 6.48. The zero-order valence-corrected chi connectivity index (χ0v) is 11.9. The van der Waals surface area contributed by atoms with E-state index in [1.54, 1.807) is 0 Å². The highest BCUT2D eigenvalue weighted by Crippen LogP contribution is 2.38. The first-order chi connectivity index (χ1) is 9.68. The van der Waals surface area contributed by atoms with Crippen LogP contribution in [0.2, 0.25) is 0 Å². The lowest BCUT2D eigenvalue weighted by atomic mass is 10.2. The number of carboxylic acids is 2. The third kappa shape index (κ3) is 4.90. The number of nitrogens with two attached hydrogens (primary N) is 1. The molecule has 21 heavy (non-hydrogen) atoms. The SMILES string of the molecule is CC1(C)OC2C(N)C[C@H](OCCO)C2O1.O=C(O)C(=O)O. The fraction of sp³-hybridized carbons (Fsp3) is 0.833. The molecule has 122 valence electrons. The Hall–Kier alpha value is -1.26. The molecule has 1 aliphatic heterocycles. The number of carbonyl (C=O) groups is 2. The highest BCUT2D eigenvalue weighted by molar-refractivity contribution is 6.27. The van der Waals surface area contributed by atoms with Crippen LogP contribution in [0, 0.1) is 0 Å². The first-order valence-electron chi connectivity index (χ1n) is 6.48.